The Morgan fingerprint density at radius 3 is 2.70 bits per heavy atom. The number of H-pyrrole nitrogens is 1. The molecule has 5 rings (SSSR count). The molecule has 4 nitrogen and oxygen atoms in total. The van der Waals surface area contributed by atoms with Gasteiger partial charge in [-0.05, 0) is 66.1 Å². The van der Waals surface area contributed by atoms with Crippen LogP contribution in [0.1, 0.15) is 35.4 Å². The van der Waals surface area contributed by atoms with Crippen molar-refractivity contribution in [3.05, 3.63) is 64.3 Å². The van der Waals surface area contributed by atoms with Gasteiger partial charge in [-0.3, -0.25) is 4.90 Å². The number of fused-ring (bicyclic) bond motifs is 2. The van der Waals surface area contributed by atoms with Crippen molar-refractivity contribution >= 4 is 28.1 Å². The molecular weight excluding hydrogens is 396 g/mol. The molecule has 1 aliphatic carbocycles. The van der Waals surface area contributed by atoms with Crippen molar-refractivity contribution in [1.29, 1.82) is 0 Å². The first kappa shape index (κ1) is 19.5. The van der Waals surface area contributed by atoms with Gasteiger partial charge in [0.05, 0.1) is 14.2 Å². The van der Waals surface area contributed by atoms with Crippen LogP contribution in [-0.2, 0) is 6.42 Å². The molecule has 0 amide bonds. The highest BCUT2D eigenvalue weighted by atomic mass is 35.5. The molecule has 0 saturated carbocycles. The van der Waals surface area contributed by atoms with Gasteiger partial charge in [0.25, 0.3) is 0 Å². The first-order chi connectivity index (χ1) is 14.7. The van der Waals surface area contributed by atoms with Gasteiger partial charge in [0.1, 0.15) is 0 Å². The fourth-order valence-electron chi connectivity index (χ4n) is 5.01. The second-order valence-corrected chi connectivity index (χ2v) is 8.71. The zero-order valence-electron chi connectivity index (χ0n) is 17.5. The summed E-state index contributed by atoms with van der Waals surface area (Å²) in [5, 5.41) is 2.02. The van der Waals surface area contributed by atoms with Crippen LogP contribution >= 0.6 is 11.6 Å². The number of benzene rings is 2. The SMILES string of the molecule is COc1cc2c(cc1OC)C(CN1CC=C(c3c[nH]c4cc(Cl)ccc34)CC1)CC2. The Kier molecular flexibility index (Phi) is 5.21. The lowest BCUT2D eigenvalue weighted by atomic mass is 9.96. The maximum atomic E-state index is 6.13. The number of aromatic nitrogens is 1. The summed E-state index contributed by atoms with van der Waals surface area (Å²) in [6.45, 7) is 3.18. The van der Waals surface area contributed by atoms with Gasteiger partial charge in [-0.25, -0.2) is 0 Å². The maximum Gasteiger partial charge on any atom is 0.161 e. The largest absolute Gasteiger partial charge is 0.493 e. The van der Waals surface area contributed by atoms with Crippen LogP contribution < -0.4 is 9.47 Å². The molecule has 30 heavy (non-hydrogen) atoms. The Labute approximate surface area is 182 Å². The van der Waals surface area contributed by atoms with E-state index >= 15 is 0 Å². The molecule has 1 aliphatic heterocycles. The van der Waals surface area contributed by atoms with Crippen molar-refractivity contribution in [1.82, 2.24) is 9.88 Å². The molecule has 0 spiro atoms. The molecule has 156 valence electrons. The highest BCUT2D eigenvalue weighted by Crippen LogP contribution is 2.41. The summed E-state index contributed by atoms with van der Waals surface area (Å²) in [6, 6.07) is 10.4. The second kappa shape index (κ2) is 8.01. The molecule has 0 saturated heterocycles. The van der Waals surface area contributed by atoms with E-state index in [1.807, 2.05) is 12.1 Å². The molecule has 2 heterocycles. The quantitative estimate of drug-likeness (QED) is 0.576. The van der Waals surface area contributed by atoms with Crippen LogP contribution in [-0.4, -0.2) is 43.7 Å². The average Bonchev–Trinajstić information content (AvgIpc) is 3.36. The Bertz CT molecular complexity index is 1120. The molecule has 1 unspecified atom stereocenters. The lowest BCUT2D eigenvalue weighted by Crippen LogP contribution is -2.32. The van der Waals surface area contributed by atoms with Gasteiger partial charge in [-0.15, -0.1) is 0 Å². The van der Waals surface area contributed by atoms with E-state index in [4.69, 9.17) is 21.1 Å². The van der Waals surface area contributed by atoms with Gasteiger partial charge in [-0.2, -0.15) is 0 Å². The fourth-order valence-corrected chi connectivity index (χ4v) is 5.18. The van der Waals surface area contributed by atoms with Gasteiger partial charge in [0.15, 0.2) is 11.5 Å². The highest BCUT2D eigenvalue weighted by Gasteiger charge is 2.27. The van der Waals surface area contributed by atoms with Crippen molar-refractivity contribution in [2.45, 2.75) is 25.2 Å². The summed E-state index contributed by atoms with van der Waals surface area (Å²) in [4.78, 5) is 5.94. The molecule has 1 aromatic heterocycles. The van der Waals surface area contributed by atoms with Crippen molar-refractivity contribution in [3.8, 4) is 11.5 Å². The maximum absolute atomic E-state index is 6.13. The zero-order chi connectivity index (χ0) is 20.7. The number of ether oxygens (including phenoxy) is 2. The smallest absolute Gasteiger partial charge is 0.161 e. The van der Waals surface area contributed by atoms with Crippen LogP contribution in [0.15, 0.2) is 42.6 Å². The average molecular weight is 423 g/mol. The highest BCUT2D eigenvalue weighted by molar-refractivity contribution is 6.31. The number of methoxy groups -OCH3 is 2. The lowest BCUT2D eigenvalue weighted by molar-refractivity contribution is 0.280. The van der Waals surface area contributed by atoms with Crippen LogP contribution in [0, 0.1) is 0 Å². The molecule has 2 aliphatic rings. The van der Waals surface area contributed by atoms with Crippen LogP contribution in [0.3, 0.4) is 0 Å². The van der Waals surface area contributed by atoms with Crippen LogP contribution in [0.5, 0.6) is 11.5 Å². The molecule has 0 radical (unpaired) electrons. The molecule has 1 N–H and O–H groups in total. The number of aryl methyl sites for hydroxylation is 1. The Morgan fingerprint density at radius 2 is 1.93 bits per heavy atom. The third kappa shape index (κ3) is 3.48. The number of halogens is 1. The third-order valence-electron chi connectivity index (χ3n) is 6.61. The number of aromatic amines is 1. The minimum atomic E-state index is 0.560. The van der Waals surface area contributed by atoms with Gasteiger partial charge in [0, 0.05) is 47.3 Å². The number of rotatable bonds is 5. The van der Waals surface area contributed by atoms with E-state index in [1.165, 1.54) is 34.1 Å². The normalized spacial score (nSPS) is 19.0. The molecule has 3 aromatic rings. The minimum absolute atomic E-state index is 0.560. The summed E-state index contributed by atoms with van der Waals surface area (Å²) < 4.78 is 11.0. The number of hydrogen-bond acceptors (Lipinski definition) is 3. The van der Waals surface area contributed by atoms with Crippen molar-refractivity contribution < 1.29 is 9.47 Å². The van der Waals surface area contributed by atoms with Crippen LogP contribution in [0.4, 0.5) is 0 Å². The van der Waals surface area contributed by atoms with E-state index in [-0.39, 0.29) is 0 Å². The van der Waals surface area contributed by atoms with E-state index < -0.39 is 0 Å². The van der Waals surface area contributed by atoms with E-state index in [0.717, 1.165) is 54.5 Å². The first-order valence-electron chi connectivity index (χ1n) is 10.6. The molecular formula is C25H27ClN2O2. The summed E-state index contributed by atoms with van der Waals surface area (Å²) in [5.41, 5.74) is 6.68. The standard InChI is InChI=1S/C25H27ClN2O2/c1-29-24-11-17-3-4-18(21(17)13-25(24)30-2)15-28-9-7-16(8-10-28)22-14-27-23-12-19(26)5-6-20(22)23/h5-7,11-14,18,27H,3-4,8-10,15H2,1-2H3. The monoisotopic (exact) mass is 422 g/mol. The number of nitrogens with zero attached hydrogens (tertiary/aromatic N) is 1. The summed E-state index contributed by atoms with van der Waals surface area (Å²) in [6.07, 6.45) is 7.90. The van der Waals surface area contributed by atoms with Crippen molar-refractivity contribution in [2.75, 3.05) is 33.9 Å². The zero-order valence-corrected chi connectivity index (χ0v) is 18.3. The van der Waals surface area contributed by atoms with Crippen molar-refractivity contribution in [2.24, 2.45) is 0 Å². The fraction of sp³-hybridized carbons (Fsp3) is 0.360. The van der Waals surface area contributed by atoms with Gasteiger partial charge >= 0.3 is 0 Å². The Morgan fingerprint density at radius 1 is 1.10 bits per heavy atom. The number of hydrogen-bond donors (Lipinski definition) is 1. The van der Waals surface area contributed by atoms with Crippen LogP contribution in [0.25, 0.3) is 16.5 Å². The topological polar surface area (TPSA) is 37.5 Å². The Balaban J connectivity index is 1.31. The van der Waals surface area contributed by atoms with Crippen LogP contribution in [0.2, 0.25) is 5.02 Å². The second-order valence-electron chi connectivity index (χ2n) is 8.27. The van der Waals surface area contributed by atoms with E-state index in [9.17, 15) is 0 Å². The molecule has 0 fully saturated rings. The van der Waals surface area contributed by atoms with E-state index in [2.05, 4.69) is 40.4 Å². The van der Waals surface area contributed by atoms with Crippen molar-refractivity contribution in [3.63, 3.8) is 0 Å². The number of nitrogens with one attached hydrogen (secondary N) is 1. The van der Waals surface area contributed by atoms with Gasteiger partial charge in [-0.1, -0.05) is 23.7 Å². The van der Waals surface area contributed by atoms with Gasteiger partial charge < -0.3 is 14.5 Å². The molecule has 0 bridgehead atoms. The summed E-state index contributed by atoms with van der Waals surface area (Å²) in [7, 11) is 3.42. The van der Waals surface area contributed by atoms with E-state index in [1.54, 1.807) is 14.2 Å². The molecule has 1 atom stereocenters. The lowest BCUT2D eigenvalue weighted by Gasteiger charge is -2.29. The first-order valence-corrected chi connectivity index (χ1v) is 11.0. The molecule has 2 aromatic carbocycles. The summed E-state index contributed by atoms with van der Waals surface area (Å²) >= 11 is 6.13. The predicted octanol–water partition coefficient (Wildman–Crippen LogP) is 5.66. The summed E-state index contributed by atoms with van der Waals surface area (Å²) in [5.74, 6) is 2.23. The Hall–Kier alpha value is -2.43. The van der Waals surface area contributed by atoms with E-state index in [0.29, 0.717) is 5.92 Å². The third-order valence-corrected chi connectivity index (χ3v) is 6.84. The predicted molar refractivity (Wildman–Crippen MR) is 123 cm³/mol. The molecule has 5 heteroatoms. The minimum Gasteiger partial charge on any atom is -0.493 e. The van der Waals surface area contributed by atoms with Gasteiger partial charge in [0.2, 0.25) is 0 Å².